The van der Waals surface area contributed by atoms with E-state index in [1.807, 2.05) is 18.5 Å². The minimum atomic E-state index is 0.317. The van der Waals surface area contributed by atoms with Crippen LogP contribution in [0.25, 0.3) is 0 Å². The fraction of sp³-hybridized carbons (Fsp3) is 0.278. The molecule has 0 saturated carbocycles. The van der Waals surface area contributed by atoms with Gasteiger partial charge in [0.05, 0.1) is 6.04 Å². The summed E-state index contributed by atoms with van der Waals surface area (Å²) >= 11 is 6.49. The van der Waals surface area contributed by atoms with Gasteiger partial charge in [-0.05, 0) is 48.6 Å². The van der Waals surface area contributed by atoms with Crippen LogP contribution in [0.4, 0.5) is 5.69 Å². The Labute approximate surface area is 129 Å². The lowest BCUT2D eigenvalue weighted by molar-refractivity contribution is 0.425. The third-order valence-corrected chi connectivity index (χ3v) is 5.07. The predicted octanol–water partition coefficient (Wildman–Crippen LogP) is 4.87. The van der Waals surface area contributed by atoms with Crippen molar-refractivity contribution in [1.29, 1.82) is 0 Å². The summed E-state index contributed by atoms with van der Waals surface area (Å²) in [6.07, 6.45) is 9.45. The maximum atomic E-state index is 6.49. The quantitative estimate of drug-likeness (QED) is 0.759. The van der Waals surface area contributed by atoms with Gasteiger partial charge >= 0.3 is 0 Å². The van der Waals surface area contributed by atoms with E-state index in [0.717, 1.165) is 11.4 Å². The van der Waals surface area contributed by atoms with Crippen molar-refractivity contribution in [3.63, 3.8) is 0 Å². The van der Waals surface area contributed by atoms with E-state index in [9.17, 15) is 0 Å². The average Bonchev–Trinajstić information content (AvgIpc) is 3.00. The van der Waals surface area contributed by atoms with Crippen molar-refractivity contribution in [2.75, 3.05) is 5.32 Å². The Morgan fingerprint density at radius 1 is 1.19 bits per heavy atom. The van der Waals surface area contributed by atoms with E-state index in [-0.39, 0.29) is 0 Å². The number of rotatable bonds is 1. The molecule has 2 aromatic rings. The molecular weight excluding hydrogens is 280 g/mol. The van der Waals surface area contributed by atoms with Gasteiger partial charge < -0.3 is 5.32 Å². The van der Waals surface area contributed by atoms with Crippen molar-refractivity contribution in [3.8, 4) is 0 Å². The number of hydrogen-bond acceptors (Lipinski definition) is 2. The summed E-state index contributed by atoms with van der Waals surface area (Å²) in [5, 5.41) is 4.61. The second-order valence-electron chi connectivity index (χ2n) is 5.91. The topological polar surface area (TPSA) is 24.9 Å². The number of hydrogen-bond donors (Lipinski definition) is 1. The SMILES string of the molecule is Cc1ccc(Cl)c2c1N[C@H](c1ccncc1)[C@H]1CC=C[C@H]21. The first-order valence-electron chi connectivity index (χ1n) is 7.38. The van der Waals surface area contributed by atoms with Crippen LogP contribution in [0, 0.1) is 12.8 Å². The molecule has 0 unspecified atom stereocenters. The minimum Gasteiger partial charge on any atom is -0.377 e. The summed E-state index contributed by atoms with van der Waals surface area (Å²) in [5.41, 5.74) is 5.03. The highest BCUT2D eigenvalue weighted by Crippen LogP contribution is 2.52. The number of pyridine rings is 1. The summed E-state index contributed by atoms with van der Waals surface area (Å²) in [7, 11) is 0. The van der Waals surface area contributed by atoms with Crippen LogP contribution in [-0.4, -0.2) is 4.98 Å². The average molecular weight is 297 g/mol. The Morgan fingerprint density at radius 2 is 2.00 bits per heavy atom. The van der Waals surface area contributed by atoms with Gasteiger partial charge in [0, 0.05) is 34.6 Å². The Morgan fingerprint density at radius 3 is 2.81 bits per heavy atom. The maximum absolute atomic E-state index is 6.49. The normalized spacial score (nSPS) is 26.1. The highest BCUT2D eigenvalue weighted by molar-refractivity contribution is 6.32. The second kappa shape index (κ2) is 4.88. The molecule has 106 valence electrons. The fourth-order valence-corrected chi connectivity index (χ4v) is 3.99. The molecule has 0 bridgehead atoms. The minimum absolute atomic E-state index is 0.317. The molecule has 0 radical (unpaired) electrons. The first kappa shape index (κ1) is 12.9. The van der Waals surface area contributed by atoms with E-state index in [4.69, 9.17) is 11.6 Å². The molecule has 2 nitrogen and oxygen atoms in total. The van der Waals surface area contributed by atoms with Gasteiger partial charge in [-0.25, -0.2) is 0 Å². The van der Waals surface area contributed by atoms with E-state index >= 15 is 0 Å². The number of benzene rings is 1. The van der Waals surface area contributed by atoms with Crippen molar-refractivity contribution in [2.45, 2.75) is 25.3 Å². The molecular formula is C18H17ClN2. The smallest absolute Gasteiger partial charge is 0.0555 e. The van der Waals surface area contributed by atoms with Crippen LogP contribution in [0.15, 0.2) is 48.8 Å². The molecule has 21 heavy (non-hydrogen) atoms. The highest BCUT2D eigenvalue weighted by Gasteiger charge is 2.39. The van der Waals surface area contributed by atoms with Crippen LogP contribution < -0.4 is 5.32 Å². The third-order valence-electron chi connectivity index (χ3n) is 4.74. The zero-order valence-corrected chi connectivity index (χ0v) is 12.6. The summed E-state index contributed by atoms with van der Waals surface area (Å²) in [6, 6.07) is 8.65. The lowest BCUT2D eigenvalue weighted by atomic mass is 9.76. The Bertz CT molecular complexity index is 709. The fourth-order valence-electron chi connectivity index (χ4n) is 3.71. The predicted molar refractivity (Wildman–Crippen MR) is 86.8 cm³/mol. The van der Waals surface area contributed by atoms with Crippen molar-refractivity contribution < 1.29 is 0 Å². The van der Waals surface area contributed by atoms with E-state index < -0.39 is 0 Å². The maximum Gasteiger partial charge on any atom is 0.0555 e. The van der Waals surface area contributed by atoms with Crippen molar-refractivity contribution in [1.82, 2.24) is 4.98 Å². The number of allylic oxidation sites excluding steroid dienone is 2. The van der Waals surface area contributed by atoms with Crippen LogP contribution in [0.3, 0.4) is 0 Å². The molecule has 1 aliphatic carbocycles. The van der Waals surface area contributed by atoms with Crippen LogP contribution in [-0.2, 0) is 0 Å². The van der Waals surface area contributed by atoms with Gasteiger partial charge in [0.15, 0.2) is 0 Å². The molecule has 0 fully saturated rings. The molecule has 3 atom stereocenters. The zero-order valence-electron chi connectivity index (χ0n) is 11.9. The summed E-state index contributed by atoms with van der Waals surface area (Å²) < 4.78 is 0. The van der Waals surface area contributed by atoms with Crippen LogP contribution >= 0.6 is 11.6 Å². The van der Waals surface area contributed by atoms with Gasteiger partial charge in [-0.1, -0.05) is 29.8 Å². The van der Waals surface area contributed by atoms with Gasteiger partial charge in [-0.2, -0.15) is 0 Å². The van der Waals surface area contributed by atoms with Crippen molar-refractivity contribution in [3.05, 3.63) is 70.5 Å². The lowest BCUT2D eigenvalue weighted by Crippen LogP contribution is -2.29. The first-order chi connectivity index (χ1) is 10.3. The highest BCUT2D eigenvalue weighted by atomic mass is 35.5. The van der Waals surface area contributed by atoms with Gasteiger partial charge in [-0.15, -0.1) is 0 Å². The van der Waals surface area contributed by atoms with Gasteiger partial charge in [0.2, 0.25) is 0 Å². The molecule has 1 aromatic heterocycles. The number of aromatic nitrogens is 1. The molecule has 3 heteroatoms. The number of aryl methyl sites for hydroxylation is 1. The zero-order chi connectivity index (χ0) is 14.4. The van der Waals surface area contributed by atoms with E-state index in [1.165, 1.54) is 22.4 Å². The van der Waals surface area contributed by atoms with Gasteiger partial charge in [0.25, 0.3) is 0 Å². The van der Waals surface area contributed by atoms with E-state index in [2.05, 4.69) is 47.6 Å². The summed E-state index contributed by atoms with van der Waals surface area (Å²) in [6.45, 7) is 2.14. The van der Waals surface area contributed by atoms with E-state index in [0.29, 0.717) is 17.9 Å². The molecule has 0 saturated heterocycles. The third kappa shape index (κ3) is 1.97. The second-order valence-corrected chi connectivity index (χ2v) is 6.32. The number of halogens is 1. The molecule has 2 aliphatic rings. The molecule has 1 N–H and O–H groups in total. The van der Waals surface area contributed by atoms with Crippen molar-refractivity contribution >= 4 is 17.3 Å². The number of fused-ring (bicyclic) bond motifs is 3. The molecule has 4 rings (SSSR count). The van der Waals surface area contributed by atoms with Gasteiger partial charge in [0.1, 0.15) is 0 Å². The molecule has 1 aromatic carbocycles. The van der Waals surface area contributed by atoms with Crippen LogP contribution in [0.2, 0.25) is 5.02 Å². The number of anilines is 1. The van der Waals surface area contributed by atoms with Crippen LogP contribution in [0.5, 0.6) is 0 Å². The molecule has 0 amide bonds. The Hall–Kier alpha value is -1.80. The molecule has 0 spiro atoms. The van der Waals surface area contributed by atoms with Crippen LogP contribution in [0.1, 0.15) is 35.1 Å². The molecule has 2 heterocycles. The Kier molecular flexibility index (Phi) is 3.00. The Balaban J connectivity index is 1.86. The first-order valence-corrected chi connectivity index (χ1v) is 7.75. The monoisotopic (exact) mass is 296 g/mol. The number of nitrogens with zero attached hydrogens (tertiary/aromatic N) is 1. The molecule has 1 aliphatic heterocycles. The largest absolute Gasteiger partial charge is 0.377 e. The number of nitrogens with one attached hydrogen (secondary N) is 1. The lowest BCUT2D eigenvalue weighted by Gasteiger charge is -2.38. The van der Waals surface area contributed by atoms with Gasteiger partial charge in [-0.3, -0.25) is 4.98 Å². The standard InChI is InChI=1S/C18H17ClN2/c1-11-5-6-15(19)16-13-3-2-4-14(13)18(21-17(11)16)12-7-9-20-10-8-12/h2-3,5-10,13-14,18,21H,4H2,1H3/t13-,14-,18+/m0/s1. The van der Waals surface area contributed by atoms with E-state index in [1.54, 1.807) is 0 Å². The summed E-state index contributed by atoms with van der Waals surface area (Å²) in [5.74, 6) is 0.936. The summed E-state index contributed by atoms with van der Waals surface area (Å²) in [4.78, 5) is 4.14. The van der Waals surface area contributed by atoms with Crippen molar-refractivity contribution in [2.24, 2.45) is 5.92 Å².